The summed E-state index contributed by atoms with van der Waals surface area (Å²) in [5.41, 5.74) is 0.106. The average Bonchev–Trinajstić information content (AvgIpc) is 2.06. The molecule has 0 aliphatic heterocycles. The van der Waals surface area contributed by atoms with E-state index in [1.54, 1.807) is 13.8 Å². The lowest BCUT2D eigenvalue weighted by Gasteiger charge is -2.66. The van der Waals surface area contributed by atoms with E-state index < -0.39 is 0 Å². The lowest BCUT2D eigenvalue weighted by Crippen LogP contribution is -2.71. The zero-order valence-electron chi connectivity index (χ0n) is 12.1. The molecule has 4 bridgehead atoms. The summed E-state index contributed by atoms with van der Waals surface area (Å²) in [6.45, 7) is 5.53. The Morgan fingerprint density at radius 2 is 1.37 bits per heavy atom. The zero-order chi connectivity index (χ0) is 13.9. The molecule has 4 heteroatoms. The van der Waals surface area contributed by atoms with Gasteiger partial charge < -0.3 is 10.6 Å². The number of carbonyl (C=O) groups is 2. The molecule has 4 aliphatic rings. The second-order valence-electron chi connectivity index (χ2n) is 7.74. The van der Waals surface area contributed by atoms with Gasteiger partial charge in [0, 0.05) is 24.9 Å². The van der Waals surface area contributed by atoms with Gasteiger partial charge in [-0.2, -0.15) is 0 Å². The third kappa shape index (κ3) is 2.15. The van der Waals surface area contributed by atoms with E-state index in [9.17, 15) is 9.59 Å². The minimum atomic E-state index is -0.0809. The van der Waals surface area contributed by atoms with Crippen LogP contribution in [0, 0.1) is 11.3 Å². The minimum Gasteiger partial charge on any atom is -0.351 e. The summed E-state index contributed by atoms with van der Waals surface area (Å²) in [4.78, 5) is 23.1. The fraction of sp³-hybridized carbons (Fsp3) is 0.867. The van der Waals surface area contributed by atoms with Crippen molar-refractivity contribution in [3.63, 3.8) is 0 Å². The first-order chi connectivity index (χ1) is 8.74. The molecule has 4 rings (SSSR count). The Balaban J connectivity index is 1.94. The number of nitrogens with one attached hydrogen (secondary N) is 2. The summed E-state index contributed by atoms with van der Waals surface area (Å²) < 4.78 is 0. The van der Waals surface area contributed by atoms with E-state index in [4.69, 9.17) is 0 Å². The summed E-state index contributed by atoms with van der Waals surface area (Å²) in [5.74, 6) is 0.756. The summed E-state index contributed by atoms with van der Waals surface area (Å²) in [7, 11) is 0. The average molecular weight is 264 g/mol. The van der Waals surface area contributed by atoms with Crippen LogP contribution in [0.15, 0.2) is 0 Å². The van der Waals surface area contributed by atoms with Gasteiger partial charge in [0.15, 0.2) is 0 Å². The van der Waals surface area contributed by atoms with E-state index in [0.717, 1.165) is 32.1 Å². The van der Waals surface area contributed by atoms with Gasteiger partial charge in [0.05, 0.1) is 0 Å². The van der Waals surface area contributed by atoms with Gasteiger partial charge in [-0.05, 0) is 49.9 Å². The van der Waals surface area contributed by atoms with E-state index in [0.29, 0.717) is 5.92 Å². The number of rotatable bonds is 2. The fourth-order valence-electron chi connectivity index (χ4n) is 5.95. The van der Waals surface area contributed by atoms with Gasteiger partial charge in [-0.1, -0.05) is 6.92 Å². The Bertz CT molecular complexity index is 413. The molecular weight excluding hydrogens is 240 g/mol. The molecule has 19 heavy (non-hydrogen) atoms. The summed E-state index contributed by atoms with van der Waals surface area (Å²) in [5, 5.41) is 6.44. The molecule has 0 heterocycles. The van der Waals surface area contributed by atoms with Gasteiger partial charge in [-0.25, -0.2) is 0 Å². The summed E-state index contributed by atoms with van der Waals surface area (Å²) in [6.07, 6.45) is 6.46. The molecule has 2 atom stereocenters. The van der Waals surface area contributed by atoms with Crippen molar-refractivity contribution in [3.05, 3.63) is 0 Å². The molecule has 0 radical (unpaired) electrons. The number of amides is 2. The quantitative estimate of drug-likeness (QED) is 0.798. The number of hydrogen-bond donors (Lipinski definition) is 2. The van der Waals surface area contributed by atoms with Crippen LogP contribution in [0.25, 0.3) is 0 Å². The summed E-state index contributed by atoms with van der Waals surface area (Å²) in [6, 6.07) is 0. The van der Waals surface area contributed by atoms with Gasteiger partial charge in [-0.3, -0.25) is 9.59 Å². The smallest absolute Gasteiger partial charge is 0.217 e. The largest absolute Gasteiger partial charge is 0.351 e. The van der Waals surface area contributed by atoms with E-state index in [2.05, 4.69) is 17.6 Å². The molecule has 2 N–H and O–H groups in total. The van der Waals surface area contributed by atoms with Crippen LogP contribution in [0.2, 0.25) is 0 Å². The highest BCUT2D eigenvalue weighted by Crippen LogP contribution is 2.62. The van der Waals surface area contributed by atoms with Crippen LogP contribution in [-0.4, -0.2) is 22.9 Å². The van der Waals surface area contributed by atoms with Crippen molar-refractivity contribution in [1.29, 1.82) is 0 Å². The Morgan fingerprint density at radius 3 is 1.74 bits per heavy atom. The van der Waals surface area contributed by atoms with Gasteiger partial charge in [-0.15, -0.1) is 0 Å². The van der Waals surface area contributed by atoms with E-state index in [-0.39, 0.29) is 28.3 Å². The van der Waals surface area contributed by atoms with Crippen molar-refractivity contribution in [1.82, 2.24) is 10.6 Å². The van der Waals surface area contributed by atoms with Crippen LogP contribution in [-0.2, 0) is 9.59 Å². The monoisotopic (exact) mass is 264 g/mol. The van der Waals surface area contributed by atoms with Crippen molar-refractivity contribution in [2.45, 2.75) is 70.4 Å². The molecule has 0 aromatic heterocycles. The maximum atomic E-state index is 11.6. The van der Waals surface area contributed by atoms with Gasteiger partial charge in [0.2, 0.25) is 11.8 Å². The fourth-order valence-corrected chi connectivity index (χ4v) is 5.95. The molecule has 0 saturated heterocycles. The predicted octanol–water partition coefficient (Wildman–Crippen LogP) is 1.74. The van der Waals surface area contributed by atoms with Crippen molar-refractivity contribution in [3.8, 4) is 0 Å². The number of hydrogen-bond acceptors (Lipinski definition) is 2. The van der Waals surface area contributed by atoms with Crippen LogP contribution >= 0.6 is 0 Å². The Kier molecular flexibility index (Phi) is 2.55. The first-order valence-corrected chi connectivity index (χ1v) is 7.31. The van der Waals surface area contributed by atoms with E-state index in [1.807, 2.05) is 0 Å². The van der Waals surface area contributed by atoms with Crippen molar-refractivity contribution < 1.29 is 9.59 Å². The third-order valence-electron chi connectivity index (χ3n) is 5.23. The molecule has 4 nitrogen and oxygen atoms in total. The second-order valence-corrected chi connectivity index (χ2v) is 7.74. The molecule has 0 aromatic carbocycles. The Hall–Kier alpha value is -1.06. The molecule has 106 valence electrons. The van der Waals surface area contributed by atoms with Crippen LogP contribution in [0.5, 0.6) is 0 Å². The van der Waals surface area contributed by atoms with Gasteiger partial charge in [0.1, 0.15) is 0 Å². The topological polar surface area (TPSA) is 58.2 Å². The van der Waals surface area contributed by atoms with Crippen LogP contribution < -0.4 is 10.6 Å². The van der Waals surface area contributed by atoms with Crippen molar-refractivity contribution >= 4 is 11.8 Å². The Morgan fingerprint density at radius 1 is 0.895 bits per heavy atom. The molecule has 0 spiro atoms. The normalized spacial score (nSPS) is 47.0. The zero-order valence-corrected chi connectivity index (χ0v) is 12.1. The third-order valence-corrected chi connectivity index (χ3v) is 5.23. The van der Waals surface area contributed by atoms with Crippen LogP contribution in [0.1, 0.15) is 59.3 Å². The van der Waals surface area contributed by atoms with Crippen molar-refractivity contribution in [2.75, 3.05) is 0 Å². The second kappa shape index (κ2) is 3.74. The maximum absolute atomic E-state index is 11.6. The van der Waals surface area contributed by atoms with Crippen LogP contribution in [0.4, 0.5) is 0 Å². The van der Waals surface area contributed by atoms with Gasteiger partial charge >= 0.3 is 0 Å². The lowest BCUT2D eigenvalue weighted by molar-refractivity contribution is -0.137. The predicted molar refractivity (Wildman–Crippen MR) is 72.4 cm³/mol. The van der Waals surface area contributed by atoms with E-state index in [1.165, 1.54) is 6.42 Å². The first-order valence-electron chi connectivity index (χ1n) is 7.31. The highest BCUT2D eigenvalue weighted by atomic mass is 16.2. The maximum Gasteiger partial charge on any atom is 0.217 e. The van der Waals surface area contributed by atoms with Gasteiger partial charge in [0.25, 0.3) is 0 Å². The minimum absolute atomic E-state index is 0.0588. The SMILES string of the molecule is CC(=O)N[C@]12CC3CC(C)(C1)C[C@](NC(C)=O)(C3)C2. The number of carbonyl (C=O) groups excluding carboxylic acids is 2. The molecular formula is C15H24N2O2. The molecule has 4 saturated carbocycles. The highest BCUT2D eigenvalue weighted by Gasteiger charge is 2.62. The lowest BCUT2D eigenvalue weighted by atomic mass is 9.44. The Labute approximate surface area is 114 Å². The summed E-state index contributed by atoms with van der Waals surface area (Å²) >= 11 is 0. The molecule has 4 aliphatic carbocycles. The molecule has 4 fully saturated rings. The van der Waals surface area contributed by atoms with Crippen molar-refractivity contribution in [2.24, 2.45) is 11.3 Å². The standard InChI is InChI=1S/C15H24N2O2/c1-10(18)16-14-5-12-4-13(3,7-14)8-15(6-12,9-14)17-11(2)19/h12H,4-9H2,1-3H3,(H,16,18)(H,17,19)/t12?,13?,14-,15-/m1/s1. The molecule has 0 aromatic rings. The van der Waals surface area contributed by atoms with E-state index >= 15 is 0 Å². The first kappa shape index (κ1) is 12.9. The molecule has 2 amide bonds. The highest BCUT2D eigenvalue weighted by molar-refractivity contribution is 5.75. The molecule has 0 unspecified atom stereocenters. The van der Waals surface area contributed by atoms with Crippen LogP contribution in [0.3, 0.4) is 0 Å².